The van der Waals surface area contributed by atoms with Crippen LogP contribution in [-0.2, 0) is 16.1 Å². The highest BCUT2D eigenvalue weighted by molar-refractivity contribution is 5.85. The monoisotopic (exact) mass is 468 g/mol. The van der Waals surface area contributed by atoms with Crippen LogP contribution in [0.4, 0.5) is 18.0 Å². The topological polar surface area (TPSA) is 96.9 Å². The van der Waals surface area contributed by atoms with E-state index >= 15 is 0 Å². The molecule has 0 aromatic heterocycles. The van der Waals surface area contributed by atoms with E-state index in [0.29, 0.717) is 12.0 Å². The Balaban J connectivity index is 1.90. The Morgan fingerprint density at radius 3 is 2.27 bits per heavy atom. The van der Waals surface area contributed by atoms with E-state index in [1.165, 1.54) is 12.1 Å². The van der Waals surface area contributed by atoms with E-state index in [4.69, 9.17) is 4.74 Å². The van der Waals surface area contributed by atoms with Gasteiger partial charge in [-0.15, -0.1) is 13.2 Å². The zero-order chi connectivity index (χ0) is 24.4. The van der Waals surface area contributed by atoms with Crippen molar-refractivity contribution in [3.63, 3.8) is 0 Å². The number of benzene rings is 2. The van der Waals surface area contributed by atoms with Gasteiger partial charge in [-0.05, 0) is 29.2 Å². The number of ether oxygens (including phenoxy) is 2. The smallest absolute Gasteiger partial charge is 0.445 e. The molecule has 10 heteroatoms. The molecule has 2 rings (SSSR count). The van der Waals surface area contributed by atoms with E-state index in [9.17, 15) is 27.9 Å². The second-order valence-electron chi connectivity index (χ2n) is 7.45. The third-order valence-electron chi connectivity index (χ3n) is 4.95. The fourth-order valence-electron chi connectivity index (χ4n) is 2.91. The maximum Gasteiger partial charge on any atom is 0.573 e. The van der Waals surface area contributed by atoms with Gasteiger partial charge in [0.25, 0.3) is 0 Å². The van der Waals surface area contributed by atoms with Gasteiger partial charge in [-0.2, -0.15) is 0 Å². The van der Waals surface area contributed by atoms with E-state index < -0.39 is 36.3 Å². The number of amides is 2. The Kier molecular flexibility index (Phi) is 9.53. The van der Waals surface area contributed by atoms with Crippen LogP contribution in [0.5, 0.6) is 5.75 Å². The predicted molar refractivity (Wildman–Crippen MR) is 114 cm³/mol. The second kappa shape index (κ2) is 12.1. The molecule has 2 amide bonds. The molecule has 0 heterocycles. The lowest BCUT2D eigenvalue weighted by molar-refractivity contribution is -0.274. The first-order valence-corrected chi connectivity index (χ1v) is 10.4. The number of alkyl carbamates (subject to hydrolysis) is 1. The summed E-state index contributed by atoms with van der Waals surface area (Å²) in [5.74, 6) is -1.15. The first-order valence-electron chi connectivity index (χ1n) is 10.4. The van der Waals surface area contributed by atoms with Crippen LogP contribution in [-0.4, -0.2) is 36.1 Å². The summed E-state index contributed by atoms with van der Waals surface area (Å²) in [5, 5.41) is 15.4. The minimum absolute atomic E-state index is 0.0499. The molecule has 2 aromatic rings. The molecule has 3 atom stereocenters. The fourth-order valence-corrected chi connectivity index (χ4v) is 2.91. The summed E-state index contributed by atoms with van der Waals surface area (Å²) in [6, 6.07) is 12.8. The maximum absolute atomic E-state index is 12.7. The van der Waals surface area contributed by atoms with E-state index in [0.717, 1.165) is 17.7 Å². The molecule has 0 radical (unpaired) electrons. The number of nitrogens with one attached hydrogen (secondary N) is 2. The Morgan fingerprint density at radius 1 is 1.06 bits per heavy atom. The zero-order valence-electron chi connectivity index (χ0n) is 18.3. The molecule has 3 N–H and O–H groups in total. The largest absolute Gasteiger partial charge is 0.573 e. The summed E-state index contributed by atoms with van der Waals surface area (Å²) >= 11 is 0. The number of hydrogen-bond acceptors (Lipinski definition) is 5. The van der Waals surface area contributed by atoms with E-state index in [-0.39, 0.29) is 19.1 Å². The Hall–Kier alpha value is -3.27. The average Bonchev–Trinajstić information content (AvgIpc) is 2.79. The molecule has 0 aliphatic heterocycles. The first kappa shape index (κ1) is 26.0. The number of aliphatic hydroxyl groups excluding tert-OH is 1. The number of aliphatic hydroxyl groups is 1. The highest BCUT2D eigenvalue weighted by atomic mass is 19.4. The molecular formula is C23H27F3N2O5. The van der Waals surface area contributed by atoms with Crippen LogP contribution in [0.1, 0.15) is 37.5 Å². The molecule has 0 saturated carbocycles. The lowest BCUT2D eigenvalue weighted by Gasteiger charge is -2.24. The Bertz CT molecular complexity index is 891. The van der Waals surface area contributed by atoms with Gasteiger partial charge in [-0.1, -0.05) is 62.7 Å². The van der Waals surface area contributed by atoms with Gasteiger partial charge < -0.3 is 25.2 Å². The van der Waals surface area contributed by atoms with Gasteiger partial charge in [0.15, 0.2) is 0 Å². The molecule has 2 aromatic carbocycles. The average molecular weight is 468 g/mol. The van der Waals surface area contributed by atoms with Gasteiger partial charge in [-0.3, -0.25) is 4.79 Å². The minimum Gasteiger partial charge on any atom is -0.445 e. The molecule has 180 valence electrons. The van der Waals surface area contributed by atoms with E-state index in [1.54, 1.807) is 19.1 Å². The van der Waals surface area contributed by atoms with E-state index in [2.05, 4.69) is 15.4 Å². The number of halogens is 3. The van der Waals surface area contributed by atoms with Crippen LogP contribution in [0.15, 0.2) is 54.6 Å². The van der Waals surface area contributed by atoms with Crippen molar-refractivity contribution in [2.45, 2.75) is 45.4 Å². The Morgan fingerprint density at radius 2 is 1.70 bits per heavy atom. The van der Waals surface area contributed by atoms with Gasteiger partial charge in [0.2, 0.25) is 5.91 Å². The van der Waals surface area contributed by atoms with Gasteiger partial charge >= 0.3 is 12.5 Å². The normalized spacial score (nSPS) is 14.0. The van der Waals surface area contributed by atoms with Gasteiger partial charge in [0.05, 0.1) is 6.10 Å². The van der Waals surface area contributed by atoms with Crippen molar-refractivity contribution in [2.24, 2.45) is 5.92 Å². The third-order valence-corrected chi connectivity index (χ3v) is 4.95. The van der Waals surface area contributed by atoms with Gasteiger partial charge in [0, 0.05) is 6.54 Å². The third kappa shape index (κ3) is 9.01. The highest BCUT2D eigenvalue weighted by Gasteiger charge is 2.31. The van der Waals surface area contributed by atoms with Gasteiger partial charge in [0.1, 0.15) is 18.4 Å². The van der Waals surface area contributed by atoms with Crippen molar-refractivity contribution in [2.75, 3.05) is 6.54 Å². The summed E-state index contributed by atoms with van der Waals surface area (Å²) < 4.78 is 45.7. The van der Waals surface area contributed by atoms with Crippen LogP contribution in [0.2, 0.25) is 0 Å². The van der Waals surface area contributed by atoms with Crippen LogP contribution in [0, 0.1) is 5.92 Å². The van der Waals surface area contributed by atoms with Crippen LogP contribution in [0.3, 0.4) is 0 Å². The summed E-state index contributed by atoms with van der Waals surface area (Å²) in [4.78, 5) is 24.8. The van der Waals surface area contributed by atoms with Crippen molar-refractivity contribution in [3.8, 4) is 5.75 Å². The van der Waals surface area contributed by atoms with Crippen LogP contribution >= 0.6 is 0 Å². The quantitative estimate of drug-likeness (QED) is 0.488. The zero-order valence-corrected chi connectivity index (χ0v) is 18.3. The second-order valence-corrected chi connectivity index (χ2v) is 7.45. The first-order chi connectivity index (χ1) is 15.6. The van der Waals surface area contributed by atoms with Crippen molar-refractivity contribution in [1.82, 2.24) is 10.6 Å². The summed E-state index contributed by atoms with van der Waals surface area (Å²) in [6.45, 7) is 3.50. The van der Waals surface area contributed by atoms with Gasteiger partial charge in [-0.25, -0.2) is 4.79 Å². The molecule has 0 spiro atoms. The van der Waals surface area contributed by atoms with Crippen LogP contribution in [0.25, 0.3) is 0 Å². The lowest BCUT2D eigenvalue weighted by Crippen LogP contribution is -2.51. The fraction of sp³-hybridized carbons (Fsp3) is 0.391. The molecule has 7 nitrogen and oxygen atoms in total. The molecule has 0 aliphatic carbocycles. The molecule has 0 bridgehead atoms. The van der Waals surface area contributed by atoms with Crippen LogP contribution < -0.4 is 15.4 Å². The summed E-state index contributed by atoms with van der Waals surface area (Å²) in [5.41, 5.74) is 1.09. The van der Waals surface area contributed by atoms with Crippen molar-refractivity contribution >= 4 is 12.0 Å². The Labute approximate surface area is 189 Å². The van der Waals surface area contributed by atoms with Crippen molar-refractivity contribution < 1.29 is 37.3 Å². The molecule has 0 saturated heterocycles. The number of hydrogen-bond donors (Lipinski definition) is 3. The molecule has 0 aliphatic rings. The molecule has 1 unspecified atom stereocenters. The number of alkyl halides is 3. The maximum atomic E-state index is 12.7. The lowest BCUT2D eigenvalue weighted by atomic mass is 9.98. The standard InChI is InChI=1S/C23H27F3N2O5/c1-3-15(2)20(28-22(31)32-14-16-7-5-4-6-8-16)21(30)27-13-19(29)17-9-11-18(12-10-17)33-23(24,25)26/h4-12,15,19-20,29H,3,13-14H2,1-2H3,(H,27,30)(H,28,31)/t15-,19?,20-/m0/s1. The predicted octanol–water partition coefficient (Wildman–Crippen LogP) is 4.08. The minimum atomic E-state index is -4.81. The number of carbonyl (C=O) groups is 2. The molecule has 0 fully saturated rings. The van der Waals surface area contributed by atoms with Crippen molar-refractivity contribution in [1.29, 1.82) is 0 Å². The number of rotatable bonds is 10. The van der Waals surface area contributed by atoms with E-state index in [1.807, 2.05) is 25.1 Å². The summed E-state index contributed by atoms with van der Waals surface area (Å²) in [6.07, 6.45) is -6.13. The molecular weight excluding hydrogens is 441 g/mol. The number of carbonyl (C=O) groups excluding carboxylic acids is 2. The highest BCUT2D eigenvalue weighted by Crippen LogP contribution is 2.24. The summed E-state index contributed by atoms with van der Waals surface area (Å²) in [7, 11) is 0. The van der Waals surface area contributed by atoms with Crippen molar-refractivity contribution in [3.05, 3.63) is 65.7 Å². The SMILES string of the molecule is CC[C@H](C)[C@H](NC(=O)OCc1ccccc1)C(=O)NCC(O)c1ccc(OC(F)(F)F)cc1. The molecule has 33 heavy (non-hydrogen) atoms.